The fourth-order valence-electron chi connectivity index (χ4n) is 0.635. The van der Waals surface area contributed by atoms with Gasteiger partial charge in [0.1, 0.15) is 6.04 Å². The van der Waals surface area contributed by atoms with Gasteiger partial charge in [-0.3, -0.25) is 10.6 Å². The minimum atomic E-state index is -1.26. The monoisotopic (exact) mass is 216 g/mol. The second-order valence-corrected chi connectivity index (χ2v) is 2.81. The van der Waals surface area contributed by atoms with Gasteiger partial charge in [-0.1, -0.05) is 6.58 Å². The SMILES string of the molecule is C=C(C)C(=O)OC(=O)[C@H](CC(=O)O)NN. The van der Waals surface area contributed by atoms with Crippen LogP contribution in [0.5, 0.6) is 0 Å². The lowest BCUT2D eigenvalue weighted by Gasteiger charge is -2.11. The van der Waals surface area contributed by atoms with Crippen LogP contribution in [0.4, 0.5) is 0 Å². The molecule has 0 radical (unpaired) electrons. The number of carbonyl (C=O) groups excluding carboxylic acids is 2. The molecule has 0 rings (SSSR count). The van der Waals surface area contributed by atoms with Crippen molar-refractivity contribution in [3.63, 3.8) is 0 Å². The predicted molar refractivity (Wildman–Crippen MR) is 49.3 cm³/mol. The molecular formula is C8H12N2O5. The molecule has 7 nitrogen and oxygen atoms in total. The van der Waals surface area contributed by atoms with Gasteiger partial charge in [0.15, 0.2) is 0 Å². The third kappa shape index (κ3) is 4.89. The van der Waals surface area contributed by atoms with Crippen molar-refractivity contribution in [1.82, 2.24) is 5.43 Å². The van der Waals surface area contributed by atoms with Crippen LogP contribution in [0.25, 0.3) is 0 Å². The number of hydrogen-bond acceptors (Lipinski definition) is 6. The normalized spacial score (nSPS) is 11.6. The molecule has 1 atom stereocenters. The van der Waals surface area contributed by atoms with Crippen molar-refractivity contribution in [3.8, 4) is 0 Å². The van der Waals surface area contributed by atoms with Gasteiger partial charge in [0.25, 0.3) is 0 Å². The van der Waals surface area contributed by atoms with Gasteiger partial charge >= 0.3 is 17.9 Å². The summed E-state index contributed by atoms with van der Waals surface area (Å²) in [6, 6.07) is -1.26. The van der Waals surface area contributed by atoms with E-state index in [-0.39, 0.29) is 5.57 Å². The number of nitrogens with two attached hydrogens (primary N) is 1. The van der Waals surface area contributed by atoms with E-state index in [0.717, 1.165) is 0 Å². The summed E-state index contributed by atoms with van der Waals surface area (Å²) in [4.78, 5) is 32.3. The zero-order chi connectivity index (χ0) is 12.0. The maximum Gasteiger partial charge on any atom is 0.340 e. The average Bonchev–Trinajstić information content (AvgIpc) is 2.13. The Hall–Kier alpha value is -1.73. The Morgan fingerprint density at radius 2 is 2.07 bits per heavy atom. The number of carboxylic acids is 1. The number of hydrazine groups is 1. The number of nitrogens with one attached hydrogen (secondary N) is 1. The van der Waals surface area contributed by atoms with Crippen LogP contribution in [-0.2, 0) is 19.1 Å². The molecule has 0 saturated carbocycles. The Morgan fingerprint density at radius 3 is 2.40 bits per heavy atom. The van der Waals surface area contributed by atoms with Crippen molar-refractivity contribution in [2.45, 2.75) is 19.4 Å². The van der Waals surface area contributed by atoms with Gasteiger partial charge in [0.2, 0.25) is 0 Å². The van der Waals surface area contributed by atoms with Crippen molar-refractivity contribution in [1.29, 1.82) is 0 Å². The summed E-state index contributed by atoms with van der Waals surface area (Å²) >= 11 is 0. The van der Waals surface area contributed by atoms with Crippen LogP contribution >= 0.6 is 0 Å². The van der Waals surface area contributed by atoms with E-state index >= 15 is 0 Å². The molecule has 0 unspecified atom stereocenters. The number of esters is 2. The lowest BCUT2D eigenvalue weighted by atomic mass is 10.2. The van der Waals surface area contributed by atoms with Crippen molar-refractivity contribution in [3.05, 3.63) is 12.2 Å². The number of rotatable bonds is 5. The highest BCUT2D eigenvalue weighted by Crippen LogP contribution is 1.99. The number of carboxylic acid groups (broad SMARTS) is 1. The first-order chi connectivity index (χ1) is 6.88. The van der Waals surface area contributed by atoms with Crippen LogP contribution < -0.4 is 11.3 Å². The summed E-state index contributed by atoms with van der Waals surface area (Å²) in [5.41, 5.74) is 1.98. The molecular weight excluding hydrogens is 204 g/mol. The molecule has 0 aliphatic carbocycles. The first kappa shape index (κ1) is 13.3. The van der Waals surface area contributed by atoms with Crippen molar-refractivity contribution in [2.24, 2.45) is 5.84 Å². The van der Waals surface area contributed by atoms with E-state index in [4.69, 9.17) is 10.9 Å². The first-order valence-corrected chi connectivity index (χ1v) is 3.98. The molecule has 4 N–H and O–H groups in total. The Morgan fingerprint density at radius 1 is 1.53 bits per heavy atom. The second-order valence-electron chi connectivity index (χ2n) is 2.81. The Bertz CT molecular complexity index is 299. The molecule has 0 aliphatic rings. The molecule has 84 valence electrons. The van der Waals surface area contributed by atoms with Crippen LogP contribution in [0.2, 0.25) is 0 Å². The van der Waals surface area contributed by atoms with Crippen LogP contribution in [0.15, 0.2) is 12.2 Å². The summed E-state index contributed by atoms with van der Waals surface area (Å²) in [6.45, 7) is 4.62. The van der Waals surface area contributed by atoms with Crippen molar-refractivity contribution < 1.29 is 24.2 Å². The summed E-state index contributed by atoms with van der Waals surface area (Å²) in [5.74, 6) is 1.73. The number of ether oxygens (including phenoxy) is 1. The molecule has 0 saturated heterocycles. The van der Waals surface area contributed by atoms with Crippen molar-refractivity contribution >= 4 is 17.9 Å². The van der Waals surface area contributed by atoms with Crippen LogP contribution in [0, 0.1) is 0 Å². The standard InChI is InChI=1S/C8H12N2O5/c1-4(2)7(13)15-8(14)5(10-9)3-6(11)12/h5,10H,1,3,9H2,2H3,(H,11,12)/t5-/m0/s1. The molecule has 7 heteroatoms. The number of hydrogen-bond donors (Lipinski definition) is 3. The predicted octanol–water partition coefficient (Wildman–Crippen LogP) is -1.06. The zero-order valence-electron chi connectivity index (χ0n) is 8.15. The smallest absolute Gasteiger partial charge is 0.340 e. The summed E-state index contributed by atoms with van der Waals surface area (Å²) in [6.07, 6.45) is -0.571. The zero-order valence-corrected chi connectivity index (χ0v) is 8.15. The topological polar surface area (TPSA) is 119 Å². The lowest BCUT2D eigenvalue weighted by molar-refractivity contribution is -0.160. The summed E-state index contributed by atoms with van der Waals surface area (Å²) in [7, 11) is 0. The molecule has 0 amide bonds. The second kappa shape index (κ2) is 5.89. The number of aliphatic carboxylic acids is 1. The molecule has 0 aromatic heterocycles. The minimum absolute atomic E-state index is 0.0365. The maximum atomic E-state index is 11.1. The summed E-state index contributed by atoms with van der Waals surface area (Å²) < 4.78 is 4.28. The van der Waals surface area contributed by atoms with E-state index in [9.17, 15) is 14.4 Å². The molecule has 0 bridgehead atoms. The van der Waals surface area contributed by atoms with Gasteiger partial charge in [-0.2, -0.15) is 0 Å². The van der Waals surface area contributed by atoms with Gasteiger partial charge in [0.05, 0.1) is 6.42 Å². The molecule has 0 spiro atoms. The Balaban J connectivity index is 4.34. The largest absolute Gasteiger partial charge is 0.481 e. The highest BCUT2D eigenvalue weighted by Gasteiger charge is 2.24. The van der Waals surface area contributed by atoms with E-state index in [0.29, 0.717) is 0 Å². The minimum Gasteiger partial charge on any atom is -0.481 e. The average molecular weight is 216 g/mol. The molecule has 0 aromatic carbocycles. The van der Waals surface area contributed by atoms with Crippen LogP contribution in [-0.4, -0.2) is 29.1 Å². The fourth-order valence-corrected chi connectivity index (χ4v) is 0.635. The van der Waals surface area contributed by atoms with Crippen LogP contribution in [0.3, 0.4) is 0 Å². The van der Waals surface area contributed by atoms with Gasteiger partial charge < -0.3 is 9.84 Å². The third-order valence-electron chi connectivity index (χ3n) is 1.41. The summed E-state index contributed by atoms with van der Waals surface area (Å²) in [5, 5.41) is 8.40. The Labute approximate surface area is 85.9 Å². The van der Waals surface area contributed by atoms with E-state index in [1.807, 2.05) is 5.43 Å². The molecule has 15 heavy (non-hydrogen) atoms. The van der Waals surface area contributed by atoms with E-state index in [2.05, 4.69) is 11.3 Å². The quantitative estimate of drug-likeness (QED) is 0.176. The maximum absolute atomic E-state index is 11.1. The molecule has 0 aliphatic heterocycles. The van der Waals surface area contributed by atoms with E-state index in [1.54, 1.807) is 0 Å². The molecule has 0 heterocycles. The first-order valence-electron chi connectivity index (χ1n) is 3.98. The van der Waals surface area contributed by atoms with E-state index in [1.165, 1.54) is 6.92 Å². The van der Waals surface area contributed by atoms with Gasteiger partial charge in [-0.25, -0.2) is 15.0 Å². The third-order valence-corrected chi connectivity index (χ3v) is 1.41. The number of carbonyl (C=O) groups is 3. The molecule has 0 aromatic rings. The highest BCUT2D eigenvalue weighted by atomic mass is 16.6. The lowest BCUT2D eigenvalue weighted by Crippen LogP contribution is -2.44. The molecule has 0 fully saturated rings. The Kier molecular flexibility index (Phi) is 5.21. The highest BCUT2D eigenvalue weighted by molar-refractivity contribution is 5.97. The van der Waals surface area contributed by atoms with Crippen LogP contribution in [0.1, 0.15) is 13.3 Å². The van der Waals surface area contributed by atoms with E-state index < -0.39 is 30.4 Å². The van der Waals surface area contributed by atoms with Gasteiger partial charge in [0, 0.05) is 5.57 Å². The van der Waals surface area contributed by atoms with Gasteiger partial charge in [-0.05, 0) is 6.92 Å². The van der Waals surface area contributed by atoms with Crippen molar-refractivity contribution in [2.75, 3.05) is 0 Å². The fraction of sp³-hybridized carbons (Fsp3) is 0.375. The van der Waals surface area contributed by atoms with Gasteiger partial charge in [-0.15, -0.1) is 0 Å².